The molecule has 1 aromatic rings. The van der Waals surface area contributed by atoms with Gasteiger partial charge in [0.1, 0.15) is 10.7 Å². The molecule has 114 valence electrons. The quantitative estimate of drug-likeness (QED) is 0.827. The molecule has 1 aromatic heterocycles. The maximum absolute atomic E-state index is 12.6. The van der Waals surface area contributed by atoms with Gasteiger partial charge in [0, 0.05) is 34.3 Å². The van der Waals surface area contributed by atoms with Crippen molar-refractivity contribution in [2.24, 2.45) is 5.92 Å². The summed E-state index contributed by atoms with van der Waals surface area (Å²) in [5, 5.41) is 0.738. The Balaban J connectivity index is 2.92. The topological polar surface area (TPSA) is 71.7 Å². The molecule has 1 rings (SSSR count). The third kappa shape index (κ3) is 4.35. The molecular weight excluding hydrogens is 276 g/mol. The van der Waals surface area contributed by atoms with Crippen LogP contribution >= 0.6 is 11.3 Å². The smallest absolute Gasteiger partial charge is 0.267 e. The van der Waals surface area contributed by atoms with Crippen LogP contribution in [0.25, 0.3) is 0 Å². The highest BCUT2D eigenvalue weighted by Crippen LogP contribution is 2.28. The normalized spacial score (nSPS) is 10.9. The number of hydrogen-bond acceptors (Lipinski definition) is 6. The van der Waals surface area contributed by atoms with E-state index in [-0.39, 0.29) is 5.91 Å². The first kappa shape index (κ1) is 16.7. The van der Waals surface area contributed by atoms with Crippen molar-refractivity contribution in [1.29, 1.82) is 0 Å². The highest BCUT2D eigenvalue weighted by Gasteiger charge is 2.23. The van der Waals surface area contributed by atoms with Crippen molar-refractivity contribution < 1.29 is 9.53 Å². The highest BCUT2D eigenvalue weighted by molar-refractivity contribution is 7.18. The van der Waals surface area contributed by atoms with Crippen LogP contribution in [0.5, 0.6) is 0 Å². The zero-order valence-electron chi connectivity index (χ0n) is 12.8. The Morgan fingerprint density at radius 2 is 2.10 bits per heavy atom. The fraction of sp³-hybridized carbons (Fsp3) is 0.692. The van der Waals surface area contributed by atoms with Gasteiger partial charge in [0.2, 0.25) is 0 Å². The van der Waals surface area contributed by atoms with Crippen molar-refractivity contribution in [2.45, 2.75) is 13.8 Å². The lowest BCUT2D eigenvalue weighted by molar-refractivity contribution is 0.0678. The van der Waals surface area contributed by atoms with Crippen LogP contribution in [0.2, 0.25) is 0 Å². The minimum absolute atomic E-state index is 0.0705. The number of carbonyl (C=O) groups excluding carboxylic acids is 1. The SMILES string of the molecule is COCCN(CC(C)C)C(=O)c1sc(N(C)C)nc1N. The molecule has 1 heterocycles. The average Bonchev–Trinajstić information content (AvgIpc) is 2.75. The Morgan fingerprint density at radius 1 is 1.45 bits per heavy atom. The van der Waals surface area contributed by atoms with Crippen LogP contribution in [0.15, 0.2) is 0 Å². The van der Waals surface area contributed by atoms with Crippen molar-refractivity contribution in [3.8, 4) is 0 Å². The van der Waals surface area contributed by atoms with Gasteiger partial charge in [-0.15, -0.1) is 0 Å². The van der Waals surface area contributed by atoms with E-state index in [9.17, 15) is 4.79 Å². The summed E-state index contributed by atoms with van der Waals surface area (Å²) in [6.07, 6.45) is 0. The van der Waals surface area contributed by atoms with E-state index in [0.29, 0.717) is 36.3 Å². The first-order valence-electron chi connectivity index (χ1n) is 6.58. The summed E-state index contributed by atoms with van der Waals surface area (Å²) in [4.78, 5) is 20.9. The largest absolute Gasteiger partial charge is 0.383 e. The number of hydrogen-bond donors (Lipinski definition) is 1. The van der Waals surface area contributed by atoms with Gasteiger partial charge in [-0.2, -0.15) is 0 Å². The summed E-state index contributed by atoms with van der Waals surface area (Å²) in [5.74, 6) is 0.618. The minimum atomic E-state index is -0.0705. The van der Waals surface area contributed by atoms with Crippen molar-refractivity contribution in [3.63, 3.8) is 0 Å². The summed E-state index contributed by atoms with van der Waals surface area (Å²) in [7, 11) is 5.38. The van der Waals surface area contributed by atoms with E-state index in [1.54, 1.807) is 12.0 Å². The fourth-order valence-corrected chi connectivity index (χ4v) is 2.60. The molecule has 0 aliphatic carbocycles. The van der Waals surface area contributed by atoms with Crippen LogP contribution in [0.3, 0.4) is 0 Å². The Morgan fingerprint density at radius 3 is 2.55 bits per heavy atom. The van der Waals surface area contributed by atoms with Gasteiger partial charge in [0.25, 0.3) is 5.91 Å². The molecule has 0 saturated heterocycles. The van der Waals surface area contributed by atoms with Crippen LogP contribution in [0.4, 0.5) is 10.9 Å². The second-order valence-corrected chi connectivity index (χ2v) is 6.22. The Labute approximate surface area is 124 Å². The number of nitrogens with two attached hydrogens (primary N) is 1. The Hall–Kier alpha value is -1.34. The second-order valence-electron chi connectivity index (χ2n) is 5.24. The van der Waals surface area contributed by atoms with Crippen molar-refractivity contribution in [2.75, 3.05) is 51.5 Å². The molecule has 0 bridgehead atoms. The van der Waals surface area contributed by atoms with Gasteiger partial charge < -0.3 is 20.3 Å². The van der Waals surface area contributed by atoms with Crippen LogP contribution in [0, 0.1) is 5.92 Å². The molecule has 0 radical (unpaired) electrons. The number of amides is 1. The maximum Gasteiger partial charge on any atom is 0.267 e. The van der Waals surface area contributed by atoms with Gasteiger partial charge >= 0.3 is 0 Å². The zero-order valence-corrected chi connectivity index (χ0v) is 13.7. The fourth-order valence-electron chi connectivity index (χ4n) is 1.73. The third-order valence-corrected chi connectivity index (χ3v) is 3.88. The standard InChI is InChI=1S/C13H24N4O2S/c1-9(2)8-17(6-7-19-5)12(18)10-11(14)15-13(20-10)16(3)4/h9H,6-8,14H2,1-5H3. The van der Waals surface area contributed by atoms with E-state index < -0.39 is 0 Å². The van der Waals surface area contributed by atoms with E-state index in [2.05, 4.69) is 18.8 Å². The van der Waals surface area contributed by atoms with Crippen molar-refractivity contribution in [3.05, 3.63) is 4.88 Å². The van der Waals surface area contributed by atoms with Gasteiger partial charge in [-0.05, 0) is 5.92 Å². The van der Waals surface area contributed by atoms with Gasteiger partial charge in [-0.3, -0.25) is 4.79 Å². The highest BCUT2D eigenvalue weighted by atomic mass is 32.1. The molecule has 2 N–H and O–H groups in total. The molecule has 20 heavy (non-hydrogen) atoms. The van der Waals surface area contributed by atoms with E-state index in [1.165, 1.54) is 11.3 Å². The average molecular weight is 300 g/mol. The molecule has 0 aliphatic heterocycles. The molecule has 0 atom stereocenters. The molecule has 0 aliphatic rings. The summed E-state index contributed by atoms with van der Waals surface area (Å²) in [5.41, 5.74) is 5.87. The zero-order chi connectivity index (χ0) is 15.3. The minimum Gasteiger partial charge on any atom is -0.383 e. The number of nitrogen functional groups attached to an aromatic ring is 1. The Kier molecular flexibility index (Phi) is 6.22. The number of methoxy groups -OCH3 is 1. The van der Waals surface area contributed by atoms with Gasteiger partial charge in [0.05, 0.1) is 6.61 Å². The van der Waals surface area contributed by atoms with Crippen LogP contribution in [-0.4, -0.2) is 56.7 Å². The van der Waals surface area contributed by atoms with E-state index in [4.69, 9.17) is 10.5 Å². The lowest BCUT2D eigenvalue weighted by atomic mass is 10.2. The molecule has 1 amide bonds. The number of rotatable bonds is 7. The predicted molar refractivity (Wildman–Crippen MR) is 83.5 cm³/mol. The number of thiazole rings is 1. The van der Waals surface area contributed by atoms with Crippen LogP contribution in [0.1, 0.15) is 23.5 Å². The summed E-state index contributed by atoms with van der Waals surface area (Å²) < 4.78 is 5.07. The van der Waals surface area contributed by atoms with E-state index >= 15 is 0 Å². The molecular formula is C13H24N4O2S. The predicted octanol–water partition coefficient (Wildman–Crippen LogP) is 1.54. The van der Waals surface area contributed by atoms with Gasteiger partial charge in [-0.1, -0.05) is 25.2 Å². The third-order valence-electron chi connectivity index (χ3n) is 2.66. The number of aromatic nitrogens is 1. The van der Waals surface area contributed by atoms with E-state index in [1.807, 2.05) is 19.0 Å². The number of anilines is 2. The monoisotopic (exact) mass is 300 g/mol. The first-order valence-corrected chi connectivity index (χ1v) is 7.40. The first-order chi connectivity index (χ1) is 9.36. The van der Waals surface area contributed by atoms with Crippen LogP contribution < -0.4 is 10.6 Å². The van der Waals surface area contributed by atoms with Gasteiger partial charge in [-0.25, -0.2) is 4.98 Å². The molecule has 6 nitrogen and oxygen atoms in total. The van der Waals surface area contributed by atoms with Crippen molar-refractivity contribution in [1.82, 2.24) is 9.88 Å². The molecule has 0 aromatic carbocycles. The molecule has 0 unspecified atom stereocenters. The summed E-state index contributed by atoms with van der Waals surface area (Å²) in [6, 6.07) is 0. The maximum atomic E-state index is 12.6. The van der Waals surface area contributed by atoms with Crippen molar-refractivity contribution >= 4 is 28.2 Å². The number of carbonyl (C=O) groups is 1. The summed E-state index contributed by atoms with van der Waals surface area (Å²) in [6.45, 7) is 5.90. The molecule has 7 heteroatoms. The second kappa shape index (κ2) is 7.44. The number of ether oxygens (including phenoxy) is 1. The number of nitrogens with zero attached hydrogens (tertiary/aromatic N) is 3. The van der Waals surface area contributed by atoms with Gasteiger partial charge in [0.15, 0.2) is 5.13 Å². The Bertz CT molecular complexity index is 446. The molecule has 0 spiro atoms. The summed E-state index contributed by atoms with van der Waals surface area (Å²) >= 11 is 1.32. The van der Waals surface area contributed by atoms with E-state index in [0.717, 1.165) is 5.13 Å². The lowest BCUT2D eigenvalue weighted by Crippen LogP contribution is -2.36. The van der Waals surface area contributed by atoms with Crippen LogP contribution in [-0.2, 0) is 4.74 Å². The lowest BCUT2D eigenvalue weighted by Gasteiger charge is -2.23. The molecule has 0 saturated carbocycles. The molecule has 0 fully saturated rings.